The molecule has 1 aliphatic heterocycles. The summed E-state index contributed by atoms with van der Waals surface area (Å²) in [4.78, 5) is 14.1. The average molecular weight is 481 g/mol. The van der Waals surface area contributed by atoms with E-state index in [1.54, 1.807) is 11.3 Å². The quantitative estimate of drug-likeness (QED) is 0.435. The maximum absolute atomic E-state index is 12.7. The maximum Gasteiger partial charge on any atom is 0.320 e. The normalized spacial score (nSPS) is 17.7. The number of thiophene rings is 1. The zero-order valence-electron chi connectivity index (χ0n) is 18.0. The second kappa shape index (κ2) is 10.8. The molecule has 0 unspecified atom stereocenters. The Morgan fingerprint density at radius 1 is 1.24 bits per heavy atom. The van der Waals surface area contributed by atoms with Crippen LogP contribution >= 0.6 is 27.3 Å². The first-order valence-electron chi connectivity index (χ1n) is 10.9. The van der Waals surface area contributed by atoms with Crippen LogP contribution in [-0.2, 0) is 12.8 Å². The minimum absolute atomic E-state index is 0.109. The van der Waals surface area contributed by atoms with Crippen molar-refractivity contribution in [2.24, 2.45) is 0 Å². The third-order valence-electron chi connectivity index (χ3n) is 6.02. The van der Waals surface area contributed by atoms with Gasteiger partial charge in [-0.05, 0) is 92.1 Å². The molecule has 4 nitrogen and oxygen atoms in total. The van der Waals surface area contributed by atoms with Gasteiger partial charge in [0, 0.05) is 18.0 Å². The number of rotatable bonds is 7. The van der Waals surface area contributed by atoms with Gasteiger partial charge in [0.1, 0.15) is 0 Å². The third kappa shape index (κ3) is 5.74. The fourth-order valence-electron chi connectivity index (χ4n) is 4.33. The number of anilines is 1. The van der Waals surface area contributed by atoms with E-state index in [1.165, 1.54) is 58.4 Å². The second-order valence-electron chi connectivity index (χ2n) is 8.10. The highest BCUT2D eigenvalue weighted by Crippen LogP contribution is 2.37. The molecule has 0 atom stereocenters. The highest BCUT2D eigenvalue weighted by molar-refractivity contribution is 9.11. The van der Waals surface area contributed by atoms with Gasteiger partial charge in [0.25, 0.3) is 0 Å². The molecule has 0 bridgehead atoms. The summed E-state index contributed by atoms with van der Waals surface area (Å²) in [5.74, 6) is 0. The molecule has 0 saturated heterocycles. The van der Waals surface area contributed by atoms with E-state index in [-0.39, 0.29) is 6.03 Å². The smallest absolute Gasteiger partial charge is 0.320 e. The van der Waals surface area contributed by atoms with Crippen molar-refractivity contribution >= 4 is 38.3 Å². The number of hydrogen-bond donors (Lipinski definition) is 3. The minimum Gasteiger partial charge on any atom is -0.334 e. The van der Waals surface area contributed by atoms with Gasteiger partial charge in [0.05, 0.1) is 5.00 Å². The van der Waals surface area contributed by atoms with Crippen molar-refractivity contribution in [1.82, 2.24) is 10.6 Å². The molecule has 2 aliphatic rings. The van der Waals surface area contributed by atoms with E-state index < -0.39 is 0 Å². The first-order chi connectivity index (χ1) is 14.0. The molecule has 160 valence electrons. The number of fused-ring (bicyclic) bond motifs is 1. The number of amides is 2. The van der Waals surface area contributed by atoms with Gasteiger partial charge in [-0.15, -0.1) is 11.3 Å². The molecule has 3 rings (SSSR count). The van der Waals surface area contributed by atoms with Crippen LogP contribution in [0.15, 0.2) is 21.2 Å². The second-order valence-corrected chi connectivity index (χ2v) is 10.4. The lowest BCUT2D eigenvalue weighted by Gasteiger charge is -2.25. The Hall–Kier alpha value is -1.11. The van der Waals surface area contributed by atoms with Crippen LogP contribution in [-0.4, -0.2) is 25.7 Å². The highest BCUT2D eigenvalue weighted by Gasteiger charge is 2.20. The number of urea groups is 1. The van der Waals surface area contributed by atoms with E-state index >= 15 is 0 Å². The summed E-state index contributed by atoms with van der Waals surface area (Å²) < 4.78 is 1.12. The van der Waals surface area contributed by atoms with Crippen molar-refractivity contribution < 1.29 is 4.79 Å². The van der Waals surface area contributed by atoms with Crippen molar-refractivity contribution in [3.63, 3.8) is 0 Å². The van der Waals surface area contributed by atoms with Crippen LogP contribution < -0.4 is 16.0 Å². The van der Waals surface area contributed by atoms with Crippen LogP contribution in [0.5, 0.6) is 0 Å². The Labute approximate surface area is 187 Å². The number of halogens is 1. The maximum atomic E-state index is 12.7. The molecule has 6 heteroatoms. The Morgan fingerprint density at radius 2 is 2.03 bits per heavy atom. The Balaban J connectivity index is 1.66. The van der Waals surface area contributed by atoms with E-state index in [0.29, 0.717) is 6.54 Å². The minimum atomic E-state index is -0.109. The van der Waals surface area contributed by atoms with E-state index in [9.17, 15) is 4.79 Å². The van der Waals surface area contributed by atoms with E-state index in [1.807, 2.05) is 0 Å². The van der Waals surface area contributed by atoms with Crippen molar-refractivity contribution in [2.45, 2.75) is 72.1 Å². The highest BCUT2D eigenvalue weighted by atomic mass is 79.9. The Bertz CT molecular complexity index is 805. The summed E-state index contributed by atoms with van der Waals surface area (Å²) in [5, 5.41) is 10.7. The molecule has 1 aromatic rings. The van der Waals surface area contributed by atoms with E-state index in [4.69, 9.17) is 0 Å². The van der Waals surface area contributed by atoms with Gasteiger partial charge in [-0.3, -0.25) is 5.32 Å². The topological polar surface area (TPSA) is 53.2 Å². The van der Waals surface area contributed by atoms with Crippen LogP contribution in [0.1, 0.15) is 68.4 Å². The molecule has 2 amide bonds. The third-order valence-corrected chi connectivity index (χ3v) is 7.81. The molecule has 0 fully saturated rings. The number of carbonyl (C=O) groups excluding carboxylic acids is 1. The molecule has 0 spiro atoms. The zero-order chi connectivity index (χ0) is 20.8. The van der Waals surface area contributed by atoms with Gasteiger partial charge in [-0.2, -0.15) is 0 Å². The first-order valence-corrected chi connectivity index (χ1v) is 12.5. The van der Waals surface area contributed by atoms with Crippen LogP contribution in [0.4, 0.5) is 9.80 Å². The first kappa shape index (κ1) is 22.6. The van der Waals surface area contributed by atoms with Gasteiger partial charge >= 0.3 is 6.03 Å². The lowest BCUT2D eigenvalue weighted by molar-refractivity contribution is 0.253. The molecule has 29 heavy (non-hydrogen) atoms. The molecule has 1 aromatic heterocycles. The number of aryl methyl sites for hydroxylation is 1. The van der Waals surface area contributed by atoms with Crippen molar-refractivity contribution in [3.05, 3.63) is 37.2 Å². The number of allylic oxidation sites excluding steroid dienone is 1. The summed E-state index contributed by atoms with van der Waals surface area (Å²) in [5.41, 5.74) is 6.88. The summed E-state index contributed by atoms with van der Waals surface area (Å²) >= 11 is 5.45. The van der Waals surface area contributed by atoms with E-state index in [2.05, 4.69) is 52.7 Å². The van der Waals surface area contributed by atoms with Crippen molar-refractivity contribution in [1.29, 1.82) is 0 Å². The van der Waals surface area contributed by atoms with Crippen molar-refractivity contribution in [2.75, 3.05) is 25.0 Å². The number of carbonyl (C=O) groups is 1. The summed E-state index contributed by atoms with van der Waals surface area (Å²) in [6.07, 6.45) is 9.41. The Kier molecular flexibility index (Phi) is 8.39. The van der Waals surface area contributed by atoms with E-state index in [0.717, 1.165) is 48.3 Å². The predicted octanol–water partition coefficient (Wildman–Crippen LogP) is 6.21. The molecule has 0 aromatic carbocycles. The zero-order valence-corrected chi connectivity index (χ0v) is 20.4. The SMILES string of the molecule is CCCCC1=C(/C(CNC(=O)Nc2sc3c(c2C)CCCC3)=C(\C)Br)CCNC1. The number of unbranched alkanes of at least 4 members (excludes halogenated alkanes) is 1. The summed E-state index contributed by atoms with van der Waals surface area (Å²) in [6.45, 7) is 8.98. The van der Waals surface area contributed by atoms with Gasteiger partial charge in [-0.1, -0.05) is 34.8 Å². The molecule has 0 saturated carbocycles. The van der Waals surface area contributed by atoms with Gasteiger partial charge in [-0.25, -0.2) is 4.79 Å². The van der Waals surface area contributed by atoms with Gasteiger partial charge in [0.2, 0.25) is 0 Å². The van der Waals surface area contributed by atoms with Gasteiger partial charge < -0.3 is 10.6 Å². The van der Waals surface area contributed by atoms with Crippen LogP contribution in [0, 0.1) is 6.92 Å². The predicted molar refractivity (Wildman–Crippen MR) is 128 cm³/mol. The fraction of sp³-hybridized carbons (Fsp3) is 0.609. The molecule has 3 N–H and O–H groups in total. The lowest BCUT2D eigenvalue weighted by atomic mass is 9.91. The molecular formula is C23H34BrN3OS. The Morgan fingerprint density at radius 3 is 2.76 bits per heavy atom. The molecule has 1 aliphatic carbocycles. The van der Waals surface area contributed by atoms with Crippen molar-refractivity contribution in [3.8, 4) is 0 Å². The van der Waals surface area contributed by atoms with Crippen LogP contribution in [0.2, 0.25) is 0 Å². The molecule has 0 radical (unpaired) electrons. The number of hydrogen-bond acceptors (Lipinski definition) is 3. The molecule has 2 heterocycles. The monoisotopic (exact) mass is 479 g/mol. The van der Waals surface area contributed by atoms with Crippen LogP contribution in [0.25, 0.3) is 0 Å². The summed E-state index contributed by atoms with van der Waals surface area (Å²) in [6, 6.07) is -0.109. The number of nitrogens with one attached hydrogen (secondary N) is 3. The standard InChI is InChI=1S/C23H34BrN3OS/c1-4-5-8-17-13-25-12-11-19(17)20(16(3)24)14-26-23(28)27-22-15(2)18-9-6-7-10-21(18)29-22/h25H,4-14H2,1-3H3,(H2,26,27,28)/b20-16+. The lowest BCUT2D eigenvalue weighted by Crippen LogP contribution is -2.33. The fourth-order valence-corrected chi connectivity index (χ4v) is 6.00. The van der Waals surface area contributed by atoms with Gasteiger partial charge in [0.15, 0.2) is 0 Å². The largest absolute Gasteiger partial charge is 0.334 e. The molecular weight excluding hydrogens is 446 g/mol. The average Bonchev–Trinajstić information content (AvgIpc) is 3.02. The summed E-state index contributed by atoms with van der Waals surface area (Å²) in [7, 11) is 0. The van der Waals surface area contributed by atoms with Crippen LogP contribution in [0.3, 0.4) is 0 Å².